The van der Waals surface area contributed by atoms with Crippen molar-refractivity contribution in [2.24, 2.45) is 5.16 Å². The van der Waals surface area contributed by atoms with Crippen molar-refractivity contribution in [1.29, 1.82) is 0 Å². The van der Waals surface area contributed by atoms with Crippen LogP contribution in [0.15, 0.2) is 53.9 Å². The topological polar surface area (TPSA) is 66.4 Å². The van der Waals surface area contributed by atoms with Gasteiger partial charge in [-0.15, -0.1) is 0 Å². The molecule has 148 valence electrons. The second-order valence-corrected chi connectivity index (χ2v) is 6.04. The average molecular weight is 383 g/mol. The summed E-state index contributed by atoms with van der Waals surface area (Å²) in [6.45, 7) is 4.14. The number of benzene rings is 2. The quantitative estimate of drug-likeness (QED) is 0.226. The zero-order chi connectivity index (χ0) is 20.5. The molecule has 0 bridgehead atoms. The first-order valence-corrected chi connectivity index (χ1v) is 8.73. The van der Waals surface area contributed by atoms with Crippen molar-refractivity contribution in [2.45, 2.75) is 20.5 Å². The Morgan fingerprint density at radius 3 is 2.50 bits per heavy atom. The standard InChI is InChI=1S/C22H25NO5/c1-15-12-17(16(2)23-27-5)10-11-21(15)28-13-18-8-6-7-9-19(18)20(14-25-3)22(24)26-4/h6-12,14H,13H2,1-5H3/b20-14-,23-16+. The van der Waals surface area contributed by atoms with E-state index < -0.39 is 5.97 Å². The zero-order valence-electron chi connectivity index (χ0n) is 16.8. The lowest BCUT2D eigenvalue weighted by Crippen LogP contribution is -2.08. The fourth-order valence-electron chi connectivity index (χ4n) is 2.74. The zero-order valence-corrected chi connectivity index (χ0v) is 16.8. The van der Waals surface area contributed by atoms with E-state index >= 15 is 0 Å². The lowest BCUT2D eigenvalue weighted by molar-refractivity contribution is -0.133. The maximum absolute atomic E-state index is 12.1. The molecule has 0 radical (unpaired) electrons. The van der Waals surface area contributed by atoms with Crippen LogP contribution in [0.1, 0.15) is 29.2 Å². The summed E-state index contributed by atoms with van der Waals surface area (Å²) in [5.41, 5.74) is 4.60. The Morgan fingerprint density at radius 1 is 1.11 bits per heavy atom. The highest BCUT2D eigenvalue weighted by Gasteiger charge is 2.17. The van der Waals surface area contributed by atoms with Crippen molar-refractivity contribution < 1.29 is 23.8 Å². The van der Waals surface area contributed by atoms with E-state index in [0.717, 1.165) is 28.2 Å². The van der Waals surface area contributed by atoms with Crippen LogP contribution in [0.3, 0.4) is 0 Å². The molecule has 0 saturated heterocycles. The smallest absolute Gasteiger partial charge is 0.341 e. The number of hydrogen-bond acceptors (Lipinski definition) is 6. The average Bonchev–Trinajstić information content (AvgIpc) is 2.71. The number of carbonyl (C=O) groups is 1. The minimum absolute atomic E-state index is 0.291. The molecule has 2 aromatic carbocycles. The van der Waals surface area contributed by atoms with E-state index in [0.29, 0.717) is 17.7 Å². The van der Waals surface area contributed by atoms with Crippen LogP contribution in [-0.4, -0.2) is 33.0 Å². The predicted molar refractivity (Wildman–Crippen MR) is 108 cm³/mol. The maximum Gasteiger partial charge on any atom is 0.341 e. The molecule has 0 heterocycles. The van der Waals surface area contributed by atoms with Crippen LogP contribution in [0.2, 0.25) is 0 Å². The Morgan fingerprint density at radius 2 is 1.86 bits per heavy atom. The summed E-state index contributed by atoms with van der Waals surface area (Å²) in [5, 5.41) is 3.95. The van der Waals surface area contributed by atoms with Gasteiger partial charge in [0, 0.05) is 0 Å². The predicted octanol–water partition coefficient (Wildman–Crippen LogP) is 4.10. The molecule has 6 heteroatoms. The Labute approximate surface area is 165 Å². The summed E-state index contributed by atoms with van der Waals surface area (Å²) in [6.07, 6.45) is 1.38. The minimum atomic E-state index is -0.470. The molecular formula is C22H25NO5. The molecule has 0 atom stereocenters. The van der Waals surface area contributed by atoms with Crippen LogP contribution in [0.5, 0.6) is 5.75 Å². The van der Waals surface area contributed by atoms with Gasteiger partial charge in [-0.05, 0) is 54.3 Å². The van der Waals surface area contributed by atoms with Gasteiger partial charge in [0.2, 0.25) is 0 Å². The highest BCUT2D eigenvalue weighted by molar-refractivity contribution is 6.16. The molecule has 2 rings (SSSR count). The van der Waals surface area contributed by atoms with E-state index in [1.165, 1.54) is 27.6 Å². The molecule has 0 aliphatic carbocycles. The van der Waals surface area contributed by atoms with Gasteiger partial charge >= 0.3 is 5.97 Å². The van der Waals surface area contributed by atoms with Crippen molar-refractivity contribution in [2.75, 3.05) is 21.3 Å². The molecule has 0 unspecified atom stereocenters. The van der Waals surface area contributed by atoms with Crippen LogP contribution in [-0.2, 0) is 25.7 Å². The molecule has 0 aromatic heterocycles. The fraction of sp³-hybridized carbons (Fsp3) is 0.273. The van der Waals surface area contributed by atoms with E-state index in [4.69, 9.17) is 19.0 Å². The van der Waals surface area contributed by atoms with Gasteiger partial charge < -0.3 is 19.0 Å². The maximum atomic E-state index is 12.1. The summed E-state index contributed by atoms with van der Waals surface area (Å²) >= 11 is 0. The van der Waals surface area contributed by atoms with Gasteiger partial charge in [0.1, 0.15) is 25.0 Å². The van der Waals surface area contributed by atoms with Crippen molar-refractivity contribution in [3.05, 3.63) is 71.0 Å². The molecule has 0 spiro atoms. The SMILES string of the molecule is CO/C=C(\C(=O)OC)c1ccccc1COc1ccc(/C(C)=N/OC)cc1C. The van der Waals surface area contributed by atoms with Crippen LogP contribution in [0, 0.1) is 6.92 Å². The van der Waals surface area contributed by atoms with E-state index in [9.17, 15) is 4.79 Å². The summed E-state index contributed by atoms with van der Waals surface area (Å²) in [4.78, 5) is 16.9. The lowest BCUT2D eigenvalue weighted by Gasteiger charge is -2.14. The summed E-state index contributed by atoms with van der Waals surface area (Å²) in [5.74, 6) is 0.279. The number of nitrogens with zero attached hydrogens (tertiary/aromatic N) is 1. The monoisotopic (exact) mass is 383 g/mol. The van der Waals surface area contributed by atoms with Gasteiger partial charge in [0.25, 0.3) is 0 Å². The molecule has 0 saturated carbocycles. The van der Waals surface area contributed by atoms with Crippen LogP contribution in [0.25, 0.3) is 5.57 Å². The molecule has 2 aromatic rings. The van der Waals surface area contributed by atoms with Crippen molar-refractivity contribution in [3.8, 4) is 5.75 Å². The van der Waals surface area contributed by atoms with Gasteiger partial charge in [0.05, 0.1) is 26.2 Å². The normalized spacial score (nSPS) is 11.8. The molecule has 0 fully saturated rings. The van der Waals surface area contributed by atoms with Crippen LogP contribution < -0.4 is 4.74 Å². The Bertz CT molecular complexity index is 886. The van der Waals surface area contributed by atoms with Gasteiger partial charge in [-0.25, -0.2) is 4.79 Å². The molecular weight excluding hydrogens is 358 g/mol. The van der Waals surface area contributed by atoms with Crippen molar-refractivity contribution >= 4 is 17.3 Å². The number of aryl methyl sites for hydroxylation is 1. The molecule has 0 aliphatic rings. The highest BCUT2D eigenvalue weighted by Crippen LogP contribution is 2.25. The van der Waals surface area contributed by atoms with Gasteiger partial charge in [-0.2, -0.15) is 0 Å². The largest absolute Gasteiger partial charge is 0.503 e. The number of rotatable bonds is 8. The van der Waals surface area contributed by atoms with E-state index in [2.05, 4.69) is 5.16 Å². The number of hydrogen-bond donors (Lipinski definition) is 0. The first-order chi connectivity index (χ1) is 13.5. The van der Waals surface area contributed by atoms with Gasteiger partial charge in [-0.3, -0.25) is 0 Å². The summed E-state index contributed by atoms with van der Waals surface area (Å²) in [7, 11) is 4.35. The molecule has 28 heavy (non-hydrogen) atoms. The van der Waals surface area contributed by atoms with Crippen LogP contribution >= 0.6 is 0 Å². The highest BCUT2D eigenvalue weighted by atomic mass is 16.6. The minimum Gasteiger partial charge on any atom is -0.503 e. The third kappa shape index (κ3) is 5.13. The Balaban J connectivity index is 2.25. The van der Waals surface area contributed by atoms with Crippen molar-refractivity contribution in [1.82, 2.24) is 0 Å². The fourth-order valence-corrected chi connectivity index (χ4v) is 2.74. The number of methoxy groups -OCH3 is 2. The molecule has 0 aliphatic heterocycles. The second kappa shape index (κ2) is 10.2. The summed E-state index contributed by atoms with van der Waals surface area (Å²) in [6, 6.07) is 13.3. The van der Waals surface area contributed by atoms with Crippen molar-refractivity contribution in [3.63, 3.8) is 0 Å². The molecule has 0 amide bonds. The van der Waals surface area contributed by atoms with E-state index in [-0.39, 0.29) is 0 Å². The Kier molecular flexibility index (Phi) is 7.63. The second-order valence-electron chi connectivity index (χ2n) is 6.04. The molecule has 0 N–H and O–H groups in total. The number of ether oxygens (including phenoxy) is 3. The van der Waals surface area contributed by atoms with Crippen LogP contribution in [0.4, 0.5) is 0 Å². The Hall–Kier alpha value is -3.28. The number of oxime groups is 1. The number of carbonyl (C=O) groups excluding carboxylic acids is 1. The first-order valence-electron chi connectivity index (χ1n) is 8.73. The molecule has 6 nitrogen and oxygen atoms in total. The summed E-state index contributed by atoms with van der Waals surface area (Å²) < 4.78 is 15.9. The van der Waals surface area contributed by atoms with Gasteiger partial charge in [-0.1, -0.05) is 29.4 Å². The number of esters is 1. The first kappa shape index (κ1) is 21.0. The third-order valence-electron chi connectivity index (χ3n) is 4.15. The third-order valence-corrected chi connectivity index (χ3v) is 4.15. The van der Waals surface area contributed by atoms with E-state index in [1.54, 1.807) is 0 Å². The van der Waals surface area contributed by atoms with E-state index in [1.807, 2.05) is 56.3 Å². The van der Waals surface area contributed by atoms with Gasteiger partial charge in [0.15, 0.2) is 0 Å². The lowest BCUT2D eigenvalue weighted by atomic mass is 10.0.